The molecule has 1 saturated heterocycles. The Hall–Kier alpha value is -1.88. The van der Waals surface area contributed by atoms with Crippen LogP contribution in [0, 0.1) is 0 Å². The number of hydrogen-bond acceptors (Lipinski definition) is 3. The summed E-state index contributed by atoms with van der Waals surface area (Å²) in [6, 6.07) is 0.0281. The Labute approximate surface area is 138 Å². The third-order valence-electron chi connectivity index (χ3n) is 3.84. The Morgan fingerprint density at radius 3 is 2.52 bits per heavy atom. The minimum atomic E-state index is -0.402. The van der Waals surface area contributed by atoms with Crippen LogP contribution in [0.15, 0.2) is 47.1 Å². The number of rotatable bonds is 6. The highest BCUT2D eigenvalue weighted by molar-refractivity contribution is 5.79. The van der Waals surface area contributed by atoms with Gasteiger partial charge in [0.1, 0.15) is 5.83 Å². The second-order valence-electron chi connectivity index (χ2n) is 5.87. The number of carbonyl (C=O) groups excluding carboxylic acids is 1. The number of nitrogens with one attached hydrogen (secondary N) is 1. The number of likely N-dealkylation sites (tertiary alicyclic amines) is 1. The molecule has 5 heteroatoms. The van der Waals surface area contributed by atoms with Crippen LogP contribution in [-0.2, 0) is 4.79 Å². The van der Waals surface area contributed by atoms with Gasteiger partial charge in [-0.05, 0) is 33.3 Å². The van der Waals surface area contributed by atoms with Crippen molar-refractivity contribution in [1.82, 2.24) is 10.2 Å². The number of allylic oxidation sites excluding steroid dienone is 4. The molecule has 0 aromatic carbocycles. The zero-order chi connectivity index (χ0) is 17.6. The van der Waals surface area contributed by atoms with Gasteiger partial charge in [0.15, 0.2) is 0 Å². The van der Waals surface area contributed by atoms with Crippen LogP contribution < -0.4 is 11.1 Å². The highest BCUT2D eigenvalue weighted by Gasteiger charge is 2.28. The molecular formula is C18H28FN3O. The summed E-state index contributed by atoms with van der Waals surface area (Å²) in [5, 5.41) is 2.86. The zero-order valence-corrected chi connectivity index (χ0v) is 14.6. The van der Waals surface area contributed by atoms with Crippen LogP contribution in [0.25, 0.3) is 0 Å². The smallest absolute Gasteiger partial charge is 0.224 e. The van der Waals surface area contributed by atoms with Crippen molar-refractivity contribution in [3.63, 3.8) is 0 Å². The number of halogens is 1. The van der Waals surface area contributed by atoms with Gasteiger partial charge in [-0.25, -0.2) is 4.39 Å². The Kier molecular flexibility index (Phi) is 7.23. The Morgan fingerprint density at radius 1 is 1.48 bits per heavy atom. The first kappa shape index (κ1) is 19.2. The number of nitrogens with two attached hydrogens (primary N) is 1. The van der Waals surface area contributed by atoms with E-state index in [0.29, 0.717) is 36.5 Å². The summed E-state index contributed by atoms with van der Waals surface area (Å²) < 4.78 is 14.6. The molecule has 1 rings (SSSR count). The molecule has 0 bridgehead atoms. The quantitative estimate of drug-likeness (QED) is 0.739. The molecule has 1 aliphatic heterocycles. The maximum Gasteiger partial charge on any atom is 0.224 e. The zero-order valence-electron chi connectivity index (χ0n) is 14.6. The Bertz CT molecular complexity index is 557. The molecule has 23 heavy (non-hydrogen) atoms. The predicted octanol–water partition coefficient (Wildman–Crippen LogP) is 3.15. The summed E-state index contributed by atoms with van der Waals surface area (Å²) in [6.07, 6.45) is 4.18. The standard InChI is InChI=1S/C18H28FN3O/c1-6-14(19)18(22-10-9-13(20)11-22)17(12(4)5)15(7-2)21-16(23)8-3/h6-7,13H,1,8-11,20H2,2-5H3,(H,21,23)/b15-7+,18-14-. The summed E-state index contributed by atoms with van der Waals surface area (Å²) >= 11 is 0. The fourth-order valence-corrected chi connectivity index (χ4v) is 2.67. The fourth-order valence-electron chi connectivity index (χ4n) is 2.67. The average molecular weight is 321 g/mol. The largest absolute Gasteiger partial charge is 0.367 e. The van der Waals surface area contributed by atoms with Gasteiger partial charge in [0.05, 0.1) is 5.70 Å². The Balaban J connectivity index is 3.36. The third-order valence-corrected chi connectivity index (χ3v) is 3.84. The van der Waals surface area contributed by atoms with Crippen molar-refractivity contribution in [3.8, 4) is 0 Å². The number of amides is 1. The van der Waals surface area contributed by atoms with E-state index in [1.807, 2.05) is 25.7 Å². The summed E-state index contributed by atoms with van der Waals surface area (Å²) in [7, 11) is 0. The summed E-state index contributed by atoms with van der Waals surface area (Å²) in [5.41, 5.74) is 8.66. The molecule has 0 aromatic rings. The number of hydrogen-bond donors (Lipinski definition) is 2. The molecular weight excluding hydrogens is 293 g/mol. The topological polar surface area (TPSA) is 58.4 Å². The van der Waals surface area contributed by atoms with E-state index in [2.05, 4.69) is 11.9 Å². The molecule has 0 aromatic heterocycles. The lowest BCUT2D eigenvalue weighted by Crippen LogP contribution is -2.31. The molecule has 3 N–H and O–H groups in total. The fraction of sp³-hybridized carbons (Fsp3) is 0.500. The van der Waals surface area contributed by atoms with Crippen molar-refractivity contribution in [2.75, 3.05) is 13.1 Å². The lowest BCUT2D eigenvalue weighted by atomic mass is 10.0. The van der Waals surface area contributed by atoms with Gasteiger partial charge in [0, 0.05) is 36.8 Å². The van der Waals surface area contributed by atoms with E-state index >= 15 is 0 Å². The van der Waals surface area contributed by atoms with Gasteiger partial charge in [-0.1, -0.05) is 25.2 Å². The van der Waals surface area contributed by atoms with Crippen molar-refractivity contribution in [3.05, 3.63) is 47.1 Å². The molecule has 1 aliphatic rings. The molecule has 1 unspecified atom stereocenters. The van der Waals surface area contributed by atoms with E-state index in [4.69, 9.17) is 5.73 Å². The van der Waals surface area contributed by atoms with Crippen molar-refractivity contribution in [2.24, 2.45) is 5.73 Å². The van der Waals surface area contributed by atoms with Gasteiger partial charge in [-0.2, -0.15) is 0 Å². The van der Waals surface area contributed by atoms with Crippen LogP contribution in [0.1, 0.15) is 40.5 Å². The first-order valence-corrected chi connectivity index (χ1v) is 8.02. The SMILES string of the molecule is C=C/C(F)=C(\C(=C(C)C)/C(=C\C)NC(=O)CC)N1CCC(N)C1. The van der Waals surface area contributed by atoms with Crippen molar-refractivity contribution in [2.45, 2.75) is 46.6 Å². The molecule has 4 nitrogen and oxygen atoms in total. The van der Waals surface area contributed by atoms with Gasteiger partial charge < -0.3 is 16.0 Å². The van der Waals surface area contributed by atoms with E-state index in [1.165, 1.54) is 6.08 Å². The molecule has 1 atom stereocenters. The second-order valence-corrected chi connectivity index (χ2v) is 5.87. The molecule has 1 fully saturated rings. The summed E-state index contributed by atoms with van der Waals surface area (Å²) in [5.74, 6) is -0.506. The van der Waals surface area contributed by atoms with Crippen LogP contribution in [0.5, 0.6) is 0 Å². The molecule has 128 valence electrons. The third kappa shape index (κ3) is 4.79. The average Bonchev–Trinajstić information content (AvgIpc) is 2.95. The van der Waals surface area contributed by atoms with E-state index in [1.54, 1.807) is 13.0 Å². The van der Waals surface area contributed by atoms with Crippen LogP contribution >= 0.6 is 0 Å². The molecule has 0 saturated carbocycles. The summed E-state index contributed by atoms with van der Waals surface area (Å²) in [4.78, 5) is 13.7. The molecule has 0 spiro atoms. The minimum Gasteiger partial charge on any atom is -0.367 e. The lowest BCUT2D eigenvalue weighted by molar-refractivity contribution is -0.120. The van der Waals surface area contributed by atoms with Gasteiger partial charge in [0.25, 0.3) is 0 Å². The molecule has 0 radical (unpaired) electrons. The van der Waals surface area contributed by atoms with E-state index in [0.717, 1.165) is 12.0 Å². The van der Waals surface area contributed by atoms with Crippen LogP contribution in [-0.4, -0.2) is 29.9 Å². The molecule has 0 aliphatic carbocycles. The Morgan fingerprint density at radius 2 is 2.13 bits per heavy atom. The first-order chi connectivity index (χ1) is 10.8. The predicted molar refractivity (Wildman–Crippen MR) is 93.1 cm³/mol. The minimum absolute atomic E-state index is 0.0281. The summed E-state index contributed by atoms with van der Waals surface area (Å²) in [6.45, 7) is 12.3. The van der Waals surface area contributed by atoms with Crippen LogP contribution in [0.3, 0.4) is 0 Å². The van der Waals surface area contributed by atoms with Crippen molar-refractivity contribution >= 4 is 5.91 Å². The van der Waals surface area contributed by atoms with Gasteiger partial charge in [0.2, 0.25) is 5.91 Å². The first-order valence-electron chi connectivity index (χ1n) is 8.02. The lowest BCUT2D eigenvalue weighted by Gasteiger charge is -2.27. The van der Waals surface area contributed by atoms with Crippen LogP contribution in [0.4, 0.5) is 4.39 Å². The molecule has 1 heterocycles. The normalized spacial score (nSPS) is 19.3. The highest BCUT2D eigenvalue weighted by atomic mass is 19.1. The van der Waals surface area contributed by atoms with Gasteiger partial charge >= 0.3 is 0 Å². The van der Waals surface area contributed by atoms with Gasteiger partial charge in [-0.15, -0.1) is 0 Å². The van der Waals surface area contributed by atoms with Crippen molar-refractivity contribution in [1.29, 1.82) is 0 Å². The monoisotopic (exact) mass is 321 g/mol. The van der Waals surface area contributed by atoms with E-state index < -0.39 is 5.83 Å². The number of nitrogens with zero attached hydrogens (tertiary/aromatic N) is 1. The van der Waals surface area contributed by atoms with Gasteiger partial charge in [-0.3, -0.25) is 4.79 Å². The van der Waals surface area contributed by atoms with E-state index in [-0.39, 0.29) is 11.9 Å². The van der Waals surface area contributed by atoms with Crippen molar-refractivity contribution < 1.29 is 9.18 Å². The molecule has 1 amide bonds. The highest BCUT2D eigenvalue weighted by Crippen LogP contribution is 2.31. The van der Waals surface area contributed by atoms with E-state index in [9.17, 15) is 9.18 Å². The van der Waals surface area contributed by atoms with Crippen LogP contribution in [0.2, 0.25) is 0 Å². The maximum atomic E-state index is 14.6. The second kappa shape index (κ2) is 8.67. The maximum absolute atomic E-state index is 14.6. The number of carbonyl (C=O) groups is 1.